The largest absolute Gasteiger partial charge is 0.451 e. The van der Waals surface area contributed by atoms with Crippen molar-refractivity contribution >= 4 is 28.6 Å². The normalized spacial score (nSPS) is 17.4. The summed E-state index contributed by atoms with van der Waals surface area (Å²) in [6.45, 7) is 5.36. The average molecular weight is 348 g/mol. The summed E-state index contributed by atoms with van der Waals surface area (Å²) in [5.41, 5.74) is 1.77. The van der Waals surface area contributed by atoms with Gasteiger partial charge in [0.1, 0.15) is 5.58 Å². The number of fused-ring (bicyclic) bond motifs is 1. The van der Waals surface area contributed by atoms with E-state index in [1.165, 1.54) is 0 Å². The first kappa shape index (κ1) is 17.3. The number of aliphatic hydroxyl groups is 1. The van der Waals surface area contributed by atoms with Crippen molar-refractivity contribution in [2.24, 2.45) is 0 Å². The Hall–Kier alpha value is -1.50. The Morgan fingerprint density at radius 3 is 2.67 bits per heavy atom. The van der Waals surface area contributed by atoms with E-state index in [-0.39, 0.29) is 12.0 Å². The molecule has 1 aromatic carbocycles. The van der Waals surface area contributed by atoms with E-state index in [4.69, 9.17) is 4.42 Å². The summed E-state index contributed by atoms with van der Waals surface area (Å²) in [4.78, 5) is 17.0. The number of aliphatic hydroxyl groups excluding tert-OH is 1. The lowest BCUT2D eigenvalue weighted by atomic mass is 10.1. The number of benzene rings is 1. The van der Waals surface area contributed by atoms with Crippen LogP contribution >= 0.6 is 11.8 Å². The van der Waals surface area contributed by atoms with Crippen molar-refractivity contribution < 1.29 is 14.3 Å². The van der Waals surface area contributed by atoms with E-state index in [2.05, 4.69) is 4.90 Å². The molecule has 0 spiro atoms. The molecule has 0 saturated carbocycles. The van der Waals surface area contributed by atoms with Crippen LogP contribution in [0.4, 0.5) is 0 Å². The van der Waals surface area contributed by atoms with Crippen LogP contribution in [0.1, 0.15) is 23.0 Å². The van der Waals surface area contributed by atoms with Crippen LogP contribution in [0.3, 0.4) is 0 Å². The minimum absolute atomic E-state index is 0.0213. The van der Waals surface area contributed by atoms with Crippen molar-refractivity contribution in [3.8, 4) is 0 Å². The first-order chi connectivity index (χ1) is 11.6. The molecule has 1 fully saturated rings. The van der Waals surface area contributed by atoms with E-state index < -0.39 is 0 Å². The molecular weight excluding hydrogens is 324 g/mol. The number of nitrogens with zero attached hydrogens (tertiary/aromatic N) is 2. The third-order valence-corrected chi connectivity index (χ3v) is 4.94. The van der Waals surface area contributed by atoms with Gasteiger partial charge in [0.15, 0.2) is 5.76 Å². The molecule has 0 aliphatic carbocycles. The van der Waals surface area contributed by atoms with Crippen LogP contribution < -0.4 is 0 Å². The molecule has 0 radical (unpaired) electrons. The first-order valence-corrected chi connectivity index (χ1v) is 9.68. The van der Waals surface area contributed by atoms with Gasteiger partial charge in [-0.1, -0.05) is 18.2 Å². The second-order valence-corrected chi connectivity index (χ2v) is 7.15. The number of carbonyl (C=O) groups is 1. The lowest BCUT2D eigenvalue weighted by molar-refractivity contribution is 0.0529. The Bertz CT molecular complexity index is 705. The second kappa shape index (κ2) is 7.59. The summed E-state index contributed by atoms with van der Waals surface area (Å²) in [5.74, 6) is 1.22. The molecule has 6 heteroatoms. The number of piperazine rings is 1. The molecule has 3 rings (SSSR count). The average Bonchev–Trinajstić information content (AvgIpc) is 2.94. The van der Waals surface area contributed by atoms with Gasteiger partial charge < -0.3 is 14.4 Å². The minimum Gasteiger partial charge on any atom is -0.451 e. The number of hydrogen-bond acceptors (Lipinski definition) is 5. The summed E-state index contributed by atoms with van der Waals surface area (Å²) < 4.78 is 5.90. The molecule has 24 heavy (non-hydrogen) atoms. The molecule has 2 aromatic rings. The molecule has 1 amide bonds. The molecule has 2 heterocycles. The Morgan fingerprint density at radius 2 is 2.00 bits per heavy atom. The van der Waals surface area contributed by atoms with Crippen molar-refractivity contribution in [2.45, 2.75) is 18.8 Å². The molecule has 1 aliphatic heterocycles. The van der Waals surface area contributed by atoms with Gasteiger partial charge in [-0.15, -0.1) is 0 Å². The Balaban J connectivity index is 1.78. The van der Waals surface area contributed by atoms with Crippen LogP contribution in [0.5, 0.6) is 0 Å². The van der Waals surface area contributed by atoms with E-state index in [1.807, 2.05) is 35.4 Å². The quantitative estimate of drug-likeness (QED) is 0.899. The topological polar surface area (TPSA) is 56.9 Å². The number of furan rings is 1. The van der Waals surface area contributed by atoms with E-state index >= 15 is 0 Å². The number of rotatable bonds is 5. The summed E-state index contributed by atoms with van der Waals surface area (Å²) >= 11 is 1.69. The van der Waals surface area contributed by atoms with Gasteiger partial charge in [0.05, 0.1) is 6.10 Å². The number of β-amino-alcohol motifs (C(OH)–C–C–N with tert-alkyl or cyclic N) is 1. The van der Waals surface area contributed by atoms with Crippen LogP contribution in [-0.2, 0) is 5.75 Å². The van der Waals surface area contributed by atoms with Gasteiger partial charge in [0, 0.05) is 49.4 Å². The lowest BCUT2D eigenvalue weighted by Gasteiger charge is -2.34. The van der Waals surface area contributed by atoms with Gasteiger partial charge in [0.2, 0.25) is 0 Å². The smallest absolute Gasteiger partial charge is 0.290 e. The van der Waals surface area contributed by atoms with Gasteiger partial charge in [-0.3, -0.25) is 9.69 Å². The predicted octanol–water partition coefficient (Wildman–Crippen LogP) is 2.43. The van der Waals surface area contributed by atoms with Gasteiger partial charge >= 0.3 is 0 Å². The highest BCUT2D eigenvalue weighted by atomic mass is 32.2. The third kappa shape index (κ3) is 3.61. The third-order valence-electron chi connectivity index (χ3n) is 4.36. The zero-order chi connectivity index (χ0) is 17.1. The van der Waals surface area contributed by atoms with Gasteiger partial charge in [0.25, 0.3) is 5.91 Å². The van der Waals surface area contributed by atoms with Crippen LogP contribution in [0.2, 0.25) is 0 Å². The van der Waals surface area contributed by atoms with Crippen LogP contribution in [-0.4, -0.2) is 65.9 Å². The Morgan fingerprint density at radius 1 is 1.29 bits per heavy atom. The lowest BCUT2D eigenvalue weighted by Crippen LogP contribution is -2.50. The first-order valence-electron chi connectivity index (χ1n) is 8.29. The fourth-order valence-electron chi connectivity index (χ4n) is 3.21. The highest BCUT2D eigenvalue weighted by molar-refractivity contribution is 7.97. The van der Waals surface area contributed by atoms with Gasteiger partial charge in [-0.25, -0.2) is 0 Å². The number of amides is 1. The van der Waals surface area contributed by atoms with E-state index in [0.717, 1.165) is 35.4 Å². The second-order valence-electron chi connectivity index (χ2n) is 6.28. The zero-order valence-electron chi connectivity index (χ0n) is 14.2. The number of hydrogen-bond donors (Lipinski definition) is 1. The molecule has 130 valence electrons. The maximum Gasteiger partial charge on any atom is 0.290 e. The van der Waals surface area contributed by atoms with Crippen molar-refractivity contribution in [3.63, 3.8) is 0 Å². The number of thioether (sulfide) groups is 1. The maximum atomic E-state index is 12.9. The monoisotopic (exact) mass is 348 g/mol. The fraction of sp³-hybridized carbons (Fsp3) is 0.500. The van der Waals surface area contributed by atoms with Crippen LogP contribution in [0.15, 0.2) is 28.7 Å². The number of carbonyl (C=O) groups excluding carboxylic acids is 1. The number of para-hydroxylation sites is 1. The standard InChI is InChI=1S/C18H24N2O3S/c1-13(21)11-19-7-9-20(10-8-19)18(22)17-15(12-24-2)14-5-3-4-6-16(14)23-17/h3-6,13,21H,7-12H2,1-2H3/t13-/m1/s1. The molecule has 1 atom stereocenters. The molecule has 0 unspecified atom stereocenters. The summed E-state index contributed by atoms with van der Waals surface area (Å²) in [5, 5.41) is 10.5. The van der Waals surface area contributed by atoms with Crippen LogP contribution in [0, 0.1) is 0 Å². The molecule has 1 aromatic heterocycles. The summed E-state index contributed by atoms with van der Waals surface area (Å²) in [7, 11) is 0. The summed E-state index contributed by atoms with van der Waals surface area (Å²) in [6, 6.07) is 7.83. The summed E-state index contributed by atoms with van der Waals surface area (Å²) in [6.07, 6.45) is 1.70. The van der Waals surface area contributed by atoms with E-state index in [9.17, 15) is 9.90 Å². The van der Waals surface area contributed by atoms with Crippen LogP contribution in [0.25, 0.3) is 11.0 Å². The van der Waals surface area contributed by atoms with Crippen molar-refractivity contribution in [1.29, 1.82) is 0 Å². The highest BCUT2D eigenvalue weighted by Gasteiger charge is 2.27. The fourth-order valence-corrected chi connectivity index (χ4v) is 3.79. The highest BCUT2D eigenvalue weighted by Crippen LogP contribution is 2.29. The van der Waals surface area contributed by atoms with Gasteiger partial charge in [-0.05, 0) is 19.2 Å². The molecule has 1 saturated heterocycles. The van der Waals surface area contributed by atoms with Crippen molar-refractivity contribution in [1.82, 2.24) is 9.80 Å². The van der Waals surface area contributed by atoms with Gasteiger partial charge in [-0.2, -0.15) is 11.8 Å². The zero-order valence-corrected chi connectivity index (χ0v) is 15.0. The Labute approximate surface area is 146 Å². The van der Waals surface area contributed by atoms with E-state index in [0.29, 0.717) is 25.4 Å². The maximum absolute atomic E-state index is 12.9. The molecular formula is C18H24N2O3S. The van der Waals surface area contributed by atoms with Crippen molar-refractivity contribution in [3.05, 3.63) is 35.6 Å². The predicted molar refractivity (Wildman–Crippen MR) is 97.5 cm³/mol. The van der Waals surface area contributed by atoms with E-state index in [1.54, 1.807) is 18.7 Å². The van der Waals surface area contributed by atoms with Crippen molar-refractivity contribution in [2.75, 3.05) is 39.0 Å². The molecule has 5 nitrogen and oxygen atoms in total. The molecule has 1 aliphatic rings. The minimum atomic E-state index is -0.337. The Kier molecular flexibility index (Phi) is 5.48. The molecule has 0 bridgehead atoms. The SMILES string of the molecule is CSCc1c(C(=O)N2CCN(C[C@@H](C)O)CC2)oc2ccccc12. The molecule has 1 N–H and O–H groups in total.